The van der Waals surface area contributed by atoms with Crippen molar-refractivity contribution in [3.63, 3.8) is 0 Å². The van der Waals surface area contributed by atoms with Gasteiger partial charge in [-0.25, -0.2) is 5.43 Å². The van der Waals surface area contributed by atoms with Crippen molar-refractivity contribution in [3.8, 4) is 11.5 Å². The Morgan fingerprint density at radius 3 is 2.92 bits per heavy atom. The van der Waals surface area contributed by atoms with E-state index >= 15 is 0 Å². The molecule has 2 aliphatic rings. The van der Waals surface area contributed by atoms with Gasteiger partial charge < -0.3 is 19.3 Å². The molecule has 0 bridgehead atoms. The highest BCUT2D eigenvalue weighted by Gasteiger charge is 2.29. The van der Waals surface area contributed by atoms with Gasteiger partial charge in [0.1, 0.15) is 19.0 Å². The van der Waals surface area contributed by atoms with Crippen molar-refractivity contribution in [2.75, 3.05) is 26.3 Å². The lowest BCUT2D eigenvalue weighted by atomic mass is 9.94. The van der Waals surface area contributed by atoms with Crippen molar-refractivity contribution < 1.29 is 14.0 Å². The lowest BCUT2D eigenvalue weighted by molar-refractivity contribution is 0.171. The summed E-state index contributed by atoms with van der Waals surface area (Å²) in [6.07, 6.45) is 0. The third kappa shape index (κ3) is 3.24. The molecule has 3 heterocycles. The number of rotatable bonds is 5. The molecule has 7 nitrogen and oxygen atoms in total. The van der Waals surface area contributed by atoms with E-state index in [1.54, 1.807) is 0 Å². The Morgan fingerprint density at radius 2 is 2.08 bits per heavy atom. The molecule has 4 rings (SSSR count). The summed E-state index contributed by atoms with van der Waals surface area (Å²) in [6.45, 7) is 5.62. The second kappa shape index (κ2) is 6.80. The highest BCUT2D eigenvalue weighted by molar-refractivity contribution is 5.45. The lowest BCUT2D eigenvalue weighted by Crippen LogP contribution is -2.29. The molecule has 24 heavy (non-hydrogen) atoms. The van der Waals surface area contributed by atoms with Crippen LogP contribution >= 0.6 is 0 Å². The SMILES string of the molecule is Cc1cc(CNCC2CNNC2c2ccc3c(c2)OCCO3)no1. The largest absolute Gasteiger partial charge is 0.486 e. The fraction of sp³-hybridized carbons (Fsp3) is 0.471. The molecule has 0 aliphatic carbocycles. The van der Waals surface area contributed by atoms with E-state index in [1.165, 1.54) is 5.56 Å². The number of benzene rings is 1. The number of fused-ring (bicyclic) bond motifs is 1. The minimum atomic E-state index is 0.229. The van der Waals surface area contributed by atoms with Crippen molar-refractivity contribution >= 4 is 0 Å². The number of hydrogen-bond donors (Lipinski definition) is 3. The fourth-order valence-electron chi connectivity index (χ4n) is 3.22. The third-order valence-corrected chi connectivity index (χ3v) is 4.41. The molecule has 0 amide bonds. The van der Waals surface area contributed by atoms with E-state index < -0.39 is 0 Å². The molecule has 0 spiro atoms. The maximum atomic E-state index is 5.69. The monoisotopic (exact) mass is 330 g/mol. The Balaban J connectivity index is 1.39. The van der Waals surface area contributed by atoms with Crippen LogP contribution in [0.2, 0.25) is 0 Å². The fourth-order valence-corrected chi connectivity index (χ4v) is 3.22. The van der Waals surface area contributed by atoms with Gasteiger partial charge in [-0.3, -0.25) is 5.43 Å². The summed E-state index contributed by atoms with van der Waals surface area (Å²) in [5, 5.41) is 7.47. The molecule has 1 aromatic heterocycles. The van der Waals surface area contributed by atoms with E-state index in [0.29, 0.717) is 25.7 Å². The first-order valence-electron chi connectivity index (χ1n) is 8.30. The van der Waals surface area contributed by atoms with Gasteiger partial charge >= 0.3 is 0 Å². The van der Waals surface area contributed by atoms with Gasteiger partial charge in [0.2, 0.25) is 0 Å². The average Bonchev–Trinajstić information content (AvgIpc) is 3.23. The first-order chi connectivity index (χ1) is 11.8. The molecule has 1 fully saturated rings. The van der Waals surface area contributed by atoms with Crippen LogP contribution in [0.4, 0.5) is 0 Å². The van der Waals surface area contributed by atoms with Crippen molar-refractivity contribution in [3.05, 3.63) is 41.3 Å². The Hall–Kier alpha value is -2.09. The van der Waals surface area contributed by atoms with Gasteiger partial charge in [0.05, 0.1) is 11.7 Å². The molecule has 0 saturated carbocycles. The summed E-state index contributed by atoms with van der Waals surface area (Å²) < 4.78 is 16.4. The van der Waals surface area contributed by atoms with E-state index in [9.17, 15) is 0 Å². The summed E-state index contributed by atoms with van der Waals surface area (Å²) in [5.41, 5.74) is 8.75. The molecule has 128 valence electrons. The predicted octanol–water partition coefficient (Wildman–Crippen LogP) is 1.31. The van der Waals surface area contributed by atoms with Crippen molar-refractivity contribution in [1.82, 2.24) is 21.3 Å². The summed E-state index contributed by atoms with van der Waals surface area (Å²) in [4.78, 5) is 0. The Morgan fingerprint density at radius 1 is 1.21 bits per heavy atom. The Bertz CT molecular complexity index is 703. The minimum Gasteiger partial charge on any atom is -0.486 e. The van der Waals surface area contributed by atoms with Crippen molar-refractivity contribution in [1.29, 1.82) is 0 Å². The molecule has 7 heteroatoms. The van der Waals surface area contributed by atoms with Gasteiger partial charge in [-0.2, -0.15) is 0 Å². The number of hydrogen-bond acceptors (Lipinski definition) is 7. The maximum Gasteiger partial charge on any atom is 0.161 e. The summed E-state index contributed by atoms with van der Waals surface area (Å²) in [7, 11) is 0. The number of aryl methyl sites for hydroxylation is 1. The highest BCUT2D eigenvalue weighted by atomic mass is 16.6. The van der Waals surface area contributed by atoms with E-state index in [1.807, 2.05) is 19.1 Å². The van der Waals surface area contributed by atoms with Gasteiger partial charge in [0, 0.05) is 31.6 Å². The van der Waals surface area contributed by atoms with Crippen LogP contribution in [-0.4, -0.2) is 31.5 Å². The number of hydrazine groups is 1. The zero-order valence-electron chi connectivity index (χ0n) is 13.7. The number of nitrogens with one attached hydrogen (secondary N) is 3. The molecular weight excluding hydrogens is 308 g/mol. The minimum absolute atomic E-state index is 0.229. The maximum absolute atomic E-state index is 5.69. The van der Waals surface area contributed by atoms with Gasteiger partial charge in [-0.1, -0.05) is 11.2 Å². The molecule has 2 aromatic rings. The molecule has 1 saturated heterocycles. The van der Waals surface area contributed by atoms with E-state index in [2.05, 4.69) is 33.5 Å². The second-order valence-electron chi connectivity index (χ2n) is 6.23. The van der Waals surface area contributed by atoms with E-state index in [0.717, 1.165) is 36.0 Å². The number of ether oxygens (including phenoxy) is 2. The molecular formula is C17H22N4O3. The first-order valence-corrected chi connectivity index (χ1v) is 8.30. The molecule has 2 atom stereocenters. The van der Waals surface area contributed by atoms with Crippen LogP contribution in [0.1, 0.15) is 23.1 Å². The van der Waals surface area contributed by atoms with Crippen LogP contribution in [0.3, 0.4) is 0 Å². The van der Waals surface area contributed by atoms with Gasteiger partial charge in [-0.05, 0) is 24.6 Å². The predicted molar refractivity (Wildman–Crippen MR) is 87.7 cm³/mol. The molecule has 2 unspecified atom stereocenters. The van der Waals surface area contributed by atoms with Crippen LogP contribution in [0.5, 0.6) is 11.5 Å². The molecule has 1 aromatic carbocycles. The van der Waals surface area contributed by atoms with Gasteiger partial charge in [0.15, 0.2) is 11.5 Å². The van der Waals surface area contributed by atoms with Gasteiger partial charge in [0.25, 0.3) is 0 Å². The van der Waals surface area contributed by atoms with Gasteiger partial charge in [-0.15, -0.1) is 0 Å². The lowest BCUT2D eigenvalue weighted by Gasteiger charge is -2.23. The van der Waals surface area contributed by atoms with Crippen LogP contribution < -0.4 is 25.6 Å². The third-order valence-electron chi connectivity index (χ3n) is 4.41. The van der Waals surface area contributed by atoms with E-state index in [4.69, 9.17) is 14.0 Å². The molecule has 3 N–H and O–H groups in total. The summed E-state index contributed by atoms with van der Waals surface area (Å²) >= 11 is 0. The highest BCUT2D eigenvalue weighted by Crippen LogP contribution is 2.35. The number of nitrogens with zero attached hydrogens (tertiary/aromatic N) is 1. The van der Waals surface area contributed by atoms with Crippen LogP contribution in [0.25, 0.3) is 0 Å². The van der Waals surface area contributed by atoms with Crippen molar-refractivity contribution in [2.45, 2.75) is 19.5 Å². The second-order valence-corrected chi connectivity index (χ2v) is 6.23. The first kappa shape index (κ1) is 15.4. The average molecular weight is 330 g/mol. The topological polar surface area (TPSA) is 80.6 Å². The van der Waals surface area contributed by atoms with Crippen molar-refractivity contribution in [2.24, 2.45) is 5.92 Å². The smallest absolute Gasteiger partial charge is 0.161 e. The Labute approximate surface area is 140 Å². The van der Waals surface area contributed by atoms with E-state index in [-0.39, 0.29) is 6.04 Å². The van der Waals surface area contributed by atoms with Crippen LogP contribution in [0.15, 0.2) is 28.8 Å². The zero-order chi connectivity index (χ0) is 16.4. The molecule has 0 radical (unpaired) electrons. The normalized spacial score (nSPS) is 22.7. The summed E-state index contributed by atoms with van der Waals surface area (Å²) in [6, 6.07) is 8.36. The zero-order valence-corrected chi connectivity index (χ0v) is 13.7. The quantitative estimate of drug-likeness (QED) is 0.762. The number of aromatic nitrogens is 1. The standard InChI is InChI=1S/C17H22N4O3/c1-11-6-14(21-24-11)10-18-8-13-9-19-20-17(13)12-2-3-15-16(7-12)23-5-4-22-15/h2-3,6-7,13,17-20H,4-5,8-10H2,1H3. The van der Waals surface area contributed by atoms with Crippen LogP contribution in [0, 0.1) is 12.8 Å². The Kier molecular flexibility index (Phi) is 4.38. The molecule has 2 aliphatic heterocycles. The van der Waals surface area contributed by atoms with Crippen LogP contribution in [-0.2, 0) is 6.54 Å². The summed E-state index contributed by atoms with van der Waals surface area (Å²) in [5.74, 6) is 2.93.